The molecule has 0 amide bonds. The molecule has 0 fully saturated rings. The van der Waals surface area contributed by atoms with Gasteiger partial charge in [0.25, 0.3) is 0 Å². The fourth-order valence-electron chi connectivity index (χ4n) is 2.83. The van der Waals surface area contributed by atoms with Crippen LogP contribution in [0.3, 0.4) is 0 Å². The number of aliphatic carboxylic acids is 1. The van der Waals surface area contributed by atoms with E-state index >= 15 is 0 Å². The van der Waals surface area contributed by atoms with Gasteiger partial charge in [0.05, 0.1) is 0 Å². The van der Waals surface area contributed by atoms with E-state index in [1.807, 2.05) is 12.1 Å². The molecular formula is C19H19NO2. The van der Waals surface area contributed by atoms with Crippen LogP contribution in [0, 0.1) is 0 Å². The Morgan fingerprint density at radius 1 is 1.14 bits per heavy atom. The molecule has 1 aromatic heterocycles. The molecule has 0 aliphatic carbocycles. The lowest BCUT2D eigenvalue weighted by Gasteiger charge is -2.04. The molecule has 22 heavy (non-hydrogen) atoms. The van der Waals surface area contributed by atoms with Gasteiger partial charge in [-0.15, -0.1) is 0 Å². The second-order valence-electron chi connectivity index (χ2n) is 5.51. The van der Waals surface area contributed by atoms with Gasteiger partial charge in [0.2, 0.25) is 0 Å². The summed E-state index contributed by atoms with van der Waals surface area (Å²) in [6.45, 7) is 2.16. The van der Waals surface area contributed by atoms with Gasteiger partial charge < -0.3 is 10.1 Å². The van der Waals surface area contributed by atoms with Gasteiger partial charge in [-0.05, 0) is 42.2 Å². The third-order valence-electron chi connectivity index (χ3n) is 4.00. The van der Waals surface area contributed by atoms with E-state index < -0.39 is 5.97 Å². The van der Waals surface area contributed by atoms with Crippen molar-refractivity contribution in [2.75, 3.05) is 0 Å². The Labute approximate surface area is 129 Å². The second-order valence-corrected chi connectivity index (χ2v) is 5.51. The van der Waals surface area contributed by atoms with Crippen LogP contribution < -0.4 is 0 Å². The van der Waals surface area contributed by atoms with Crippen molar-refractivity contribution in [2.24, 2.45) is 0 Å². The SMILES string of the molecule is CCc1ccccc1-c1cc2cc(CCC(=O)O)ccc2[nH]1. The van der Waals surface area contributed by atoms with Crippen LogP contribution in [0.2, 0.25) is 0 Å². The summed E-state index contributed by atoms with van der Waals surface area (Å²) in [4.78, 5) is 14.2. The molecule has 3 heteroatoms. The van der Waals surface area contributed by atoms with Crippen molar-refractivity contribution in [2.45, 2.75) is 26.2 Å². The van der Waals surface area contributed by atoms with E-state index in [4.69, 9.17) is 5.11 Å². The predicted octanol–water partition coefficient (Wildman–Crippen LogP) is 4.41. The topological polar surface area (TPSA) is 53.1 Å². The zero-order valence-electron chi connectivity index (χ0n) is 12.6. The van der Waals surface area contributed by atoms with E-state index in [1.165, 1.54) is 11.1 Å². The molecule has 0 bridgehead atoms. The van der Waals surface area contributed by atoms with Gasteiger partial charge in [-0.25, -0.2) is 0 Å². The zero-order chi connectivity index (χ0) is 15.5. The summed E-state index contributed by atoms with van der Waals surface area (Å²) in [5.74, 6) is -0.758. The Morgan fingerprint density at radius 2 is 1.95 bits per heavy atom. The normalized spacial score (nSPS) is 11.0. The molecule has 3 rings (SSSR count). The number of fused-ring (bicyclic) bond motifs is 1. The number of nitrogens with one attached hydrogen (secondary N) is 1. The van der Waals surface area contributed by atoms with Crippen molar-refractivity contribution in [3.8, 4) is 11.3 Å². The van der Waals surface area contributed by atoms with Gasteiger partial charge >= 0.3 is 5.97 Å². The van der Waals surface area contributed by atoms with Crippen molar-refractivity contribution in [3.05, 3.63) is 59.7 Å². The van der Waals surface area contributed by atoms with Gasteiger partial charge in [0.1, 0.15) is 0 Å². The van der Waals surface area contributed by atoms with Crippen LogP contribution in [-0.4, -0.2) is 16.1 Å². The molecule has 3 nitrogen and oxygen atoms in total. The molecule has 112 valence electrons. The Hall–Kier alpha value is -2.55. The number of aromatic amines is 1. The van der Waals surface area contributed by atoms with Crippen LogP contribution >= 0.6 is 0 Å². The van der Waals surface area contributed by atoms with E-state index in [0.717, 1.165) is 28.6 Å². The first kappa shape index (κ1) is 14.4. The van der Waals surface area contributed by atoms with Crippen LogP contribution in [0.4, 0.5) is 0 Å². The van der Waals surface area contributed by atoms with Crippen molar-refractivity contribution < 1.29 is 9.90 Å². The molecule has 3 aromatic rings. The maximum absolute atomic E-state index is 10.7. The molecule has 0 aliphatic heterocycles. The molecule has 0 radical (unpaired) electrons. The minimum Gasteiger partial charge on any atom is -0.481 e. The molecule has 0 spiro atoms. The number of hydrogen-bond acceptors (Lipinski definition) is 1. The Kier molecular flexibility index (Phi) is 3.96. The third-order valence-corrected chi connectivity index (χ3v) is 4.00. The molecule has 0 saturated heterocycles. The van der Waals surface area contributed by atoms with Crippen molar-refractivity contribution in [3.63, 3.8) is 0 Å². The molecule has 0 atom stereocenters. The van der Waals surface area contributed by atoms with Crippen LogP contribution in [0.15, 0.2) is 48.5 Å². The highest BCUT2D eigenvalue weighted by atomic mass is 16.4. The first-order valence-corrected chi connectivity index (χ1v) is 7.59. The second kappa shape index (κ2) is 6.06. The van der Waals surface area contributed by atoms with Crippen molar-refractivity contribution in [1.82, 2.24) is 4.98 Å². The van der Waals surface area contributed by atoms with Gasteiger partial charge in [0.15, 0.2) is 0 Å². The lowest BCUT2D eigenvalue weighted by Crippen LogP contribution is -1.96. The van der Waals surface area contributed by atoms with Crippen molar-refractivity contribution >= 4 is 16.9 Å². The van der Waals surface area contributed by atoms with Gasteiger partial charge in [0, 0.05) is 28.6 Å². The van der Waals surface area contributed by atoms with E-state index in [9.17, 15) is 4.79 Å². The summed E-state index contributed by atoms with van der Waals surface area (Å²) >= 11 is 0. The molecular weight excluding hydrogens is 274 g/mol. The fraction of sp³-hybridized carbons (Fsp3) is 0.211. The number of carbonyl (C=O) groups is 1. The maximum Gasteiger partial charge on any atom is 0.303 e. The molecule has 1 heterocycles. The minimum absolute atomic E-state index is 0.168. The number of aromatic nitrogens is 1. The highest BCUT2D eigenvalue weighted by molar-refractivity contribution is 5.87. The highest BCUT2D eigenvalue weighted by Gasteiger charge is 2.08. The van der Waals surface area contributed by atoms with E-state index in [2.05, 4.69) is 48.3 Å². The average Bonchev–Trinajstić information content (AvgIpc) is 2.95. The average molecular weight is 293 g/mol. The summed E-state index contributed by atoms with van der Waals surface area (Å²) in [7, 11) is 0. The Bertz CT molecular complexity index is 817. The first-order valence-electron chi connectivity index (χ1n) is 7.59. The van der Waals surface area contributed by atoms with Crippen LogP contribution in [0.5, 0.6) is 0 Å². The van der Waals surface area contributed by atoms with Gasteiger partial charge in [-0.1, -0.05) is 37.3 Å². The summed E-state index contributed by atoms with van der Waals surface area (Å²) in [5.41, 5.74) is 5.81. The van der Waals surface area contributed by atoms with Crippen molar-refractivity contribution in [1.29, 1.82) is 0 Å². The van der Waals surface area contributed by atoms with Crippen LogP contribution in [0.1, 0.15) is 24.5 Å². The van der Waals surface area contributed by atoms with Gasteiger partial charge in [-0.2, -0.15) is 0 Å². The number of rotatable bonds is 5. The lowest BCUT2D eigenvalue weighted by atomic mass is 10.0. The largest absolute Gasteiger partial charge is 0.481 e. The molecule has 2 N–H and O–H groups in total. The van der Waals surface area contributed by atoms with Crippen LogP contribution in [0.25, 0.3) is 22.2 Å². The van der Waals surface area contributed by atoms with Gasteiger partial charge in [-0.3, -0.25) is 4.79 Å². The summed E-state index contributed by atoms with van der Waals surface area (Å²) < 4.78 is 0. The number of hydrogen-bond donors (Lipinski definition) is 2. The van der Waals surface area contributed by atoms with E-state index in [1.54, 1.807) is 0 Å². The number of H-pyrrole nitrogens is 1. The fourth-order valence-corrected chi connectivity index (χ4v) is 2.83. The summed E-state index contributed by atoms with van der Waals surface area (Å²) in [6.07, 6.45) is 1.73. The standard InChI is InChI=1S/C19H19NO2/c1-2-14-5-3-4-6-16(14)18-12-15-11-13(8-10-19(21)22)7-9-17(15)20-18/h3-7,9,11-12,20H,2,8,10H2,1H3,(H,21,22). The Morgan fingerprint density at radius 3 is 2.73 bits per heavy atom. The number of carboxylic acids is 1. The van der Waals surface area contributed by atoms with Crippen LogP contribution in [-0.2, 0) is 17.6 Å². The monoisotopic (exact) mass is 293 g/mol. The molecule has 0 aliphatic rings. The third kappa shape index (κ3) is 2.89. The smallest absolute Gasteiger partial charge is 0.303 e. The highest BCUT2D eigenvalue weighted by Crippen LogP contribution is 2.28. The first-order chi connectivity index (χ1) is 10.7. The molecule has 0 unspecified atom stereocenters. The van der Waals surface area contributed by atoms with E-state index in [-0.39, 0.29) is 6.42 Å². The Balaban J connectivity index is 1.97. The minimum atomic E-state index is -0.758. The zero-order valence-corrected chi connectivity index (χ0v) is 12.6. The maximum atomic E-state index is 10.7. The van der Waals surface area contributed by atoms with E-state index in [0.29, 0.717) is 6.42 Å². The predicted molar refractivity (Wildman–Crippen MR) is 89.1 cm³/mol. The number of benzene rings is 2. The number of carboxylic acid groups (broad SMARTS) is 1. The summed E-state index contributed by atoms with van der Waals surface area (Å²) in [6, 6.07) is 16.7. The molecule has 0 saturated carbocycles. The quantitative estimate of drug-likeness (QED) is 0.732. The lowest BCUT2D eigenvalue weighted by molar-refractivity contribution is -0.136. The molecule has 2 aromatic carbocycles. The number of aryl methyl sites for hydroxylation is 2. The summed E-state index contributed by atoms with van der Waals surface area (Å²) in [5, 5.41) is 9.92.